The van der Waals surface area contributed by atoms with E-state index in [1.165, 1.54) is 23.8 Å². The van der Waals surface area contributed by atoms with Crippen LogP contribution in [0.15, 0.2) is 28.6 Å². The highest BCUT2D eigenvalue weighted by Crippen LogP contribution is 2.40. The summed E-state index contributed by atoms with van der Waals surface area (Å²) in [4.78, 5) is 47.4. The third kappa shape index (κ3) is 5.38. The van der Waals surface area contributed by atoms with Crippen LogP contribution in [0.4, 0.5) is 5.13 Å². The van der Waals surface area contributed by atoms with E-state index < -0.39 is 29.2 Å². The molecule has 184 valence electrons. The first-order valence-corrected chi connectivity index (χ1v) is 11.9. The lowest BCUT2D eigenvalue weighted by Gasteiger charge is -2.49. The zero-order valence-corrected chi connectivity index (χ0v) is 20.4. The van der Waals surface area contributed by atoms with Crippen LogP contribution in [-0.2, 0) is 19.2 Å². The van der Waals surface area contributed by atoms with Gasteiger partial charge in [0.2, 0.25) is 11.5 Å². The number of nitrogens with one attached hydrogen (secondary N) is 1. The fourth-order valence-corrected chi connectivity index (χ4v) is 5.18. The van der Waals surface area contributed by atoms with Crippen LogP contribution in [0, 0.1) is 0 Å². The molecule has 1 aromatic rings. The second-order valence-corrected chi connectivity index (χ2v) is 9.97. The van der Waals surface area contributed by atoms with Crippen molar-refractivity contribution in [3.8, 4) is 0 Å². The molecule has 13 nitrogen and oxygen atoms in total. The van der Waals surface area contributed by atoms with E-state index in [1.807, 2.05) is 20.2 Å². The number of nitrogen functional groups attached to an aromatic ring is 1. The van der Waals surface area contributed by atoms with Crippen LogP contribution < -0.4 is 11.1 Å². The topological polar surface area (TPSA) is 180 Å². The highest BCUT2D eigenvalue weighted by Gasteiger charge is 2.54. The zero-order valence-electron chi connectivity index (χ0n) is 18.8. The highest BCUT2D eigenvalue weighted by atomic mass is 32.2. The molecule has 0 aliphatic carbocycles. The first-order chi connectivity index (χ1) is 16.1. The summed E-state index contributed by atoms with van der Waals surface area (Å²) in [7, 11) is 5.14. The Balaban J connectivity index is 1.75. The first kappa shape index (κ1) is 25.6. The number of carbonyl (C=O) groups is 3. The molecule has 15 heteroatoms. The number of fused-ring (bicyclic) bond motifs is 1. The van der Waals surface area contributed by atoms with Gasteiger partial charge in [0.25, 0.3) is 11.8 Å². The number of aliphatic hydroxyl groups is 1. The Bertz CT molecular complexity index is 1070. The molecule has 1 fully saturated rings. The number of hydrogen-bond donors (Lipinski definition) is 4. The minimum absolute atomic E-state index is 0.0390. The molecule has 0 radical (unpaired) electrons. The van der Waals surface area contributed by atoms with Crippen LogP contribution in [0.3, 0.4) is 0 Å². The van der Waals surface area contributed by atoms with E-state index in [0.29, 0.717) is 28.9 Å². The molecule has 1 aromatic heterocycles. The standard InChI is InChI=1S/C19H25N7O6S2/c1-26(2,7-8-27)6-4-5-10-9-33-17-12(16(29)25(17)13(10)18(30)31)21-15(28)11(23-32-3)14-22-19(20)34-24-14/h4-5,12,17,27H,6-9H2,1-3H3,(H3-,20,21,22,24,28,30,31)/p+1/b5-4-,23-11-/t12-,17+/m1/s1. The number of likely N-dealkylation sites (N-methyl/N-ethyl adjacent to an activating group) is 1. The quantitative estimate of drug-likeness (QED) is 0.129. The molecule has 0 bridgehead atoms. The van der Waals surface area contributed by atoms with E-state index in [-0.39, 0.29) is 29.0 Å². The van der Waals surface area contributed by atoms with E-state index in [4.69, 9.17) is 15.7 Å². The number of β-lactam (4-membered cyclic amide) rings is 1. The van der Waals surface area contributed by atoms with Crippen LogP contribution >= 0.6 is 23.3 Å². The average Bonchev–Trinajstić information content (AvgIpc) is 3.20. The van der Waals surface area contributed by atoms with Crippen molar-refractivity contribution < 1.29 is 33.9 Å². The normalized spacial score (nSPS) is 20.9. The predicted octanol–water partition coefficient (Wildman–Crippen LogP) is -1.17. The summed E-state index contributed by atoms with van der Waals surface area (Å²) in [6.07, 6.45) is 3.53. The molecule has 2 aliphatic rings. The molecule has 0 unspecified atom stereocenters. The van der Waals surface area contributed by atoms with Crippen LogP contribution in [0.5, 0.6) is 0 Å². The maximum absolute atomic E-state index is 12.9. The van der Waals surface area contributed by atoms with Crippen molar-refractivity contribution >= 4 is 51.9 Å². The van der Waals surface area contributed by atoms with Crippen molar-refractivity contribution in [3.05, 3.63) is 29.2 Å². The number of nitrogens with zero attached hydrogens (tertiary/aromatic N) is 5. The number of amides is 2. The van der Waals surface area contributed by atoms with Crippen molar-refractivity contribution in [2.75, 3.05) is 52.4 Å². The number of carboxylic acid groups (broad SMARTS) is 1. The maximum atomic E-state index is 12.9. The number of carbonyl (C=O) groups excluding carboxylic acids is 2. The SMILES string of the molecule is CO/N=C(\C(=O)N[C@@H]1C(=O)N2C(C(=O)O)=C(/C=C\C[N+](C)(C)CCO)CS[C@@H]12)c1nsc(N)n1. The van der Waals surface area contributed by atoms with E-state index in [1.54, 1.807) is 6.08 Å². The number of oxime groups is 1. The largest absolute Gasteiger partial charge is 0.477 e. The molecule has 2 amide bonds. The summed E-state index contributed by atoms with van der Waals surface area (Å²) in [5, 5.41) is 24.7. The van der Waals surface area contributed by atoms with Crippen molar-refractivity contribution in [3.63, 3.8) is 0 Å². The lowest BCUT2D eigenvalue weighted by molar-refractivity contribution is -0.884. The Morgan fingerprint density at radius 3 is 2.76 bits per heavy atom. The van der Waals surface area contributed by atoms with Crippen LogP contribution in [-0.4, -0.2) is 111 Å². The van der Waals surface area contributed by atoms with Gasteiger partial charge in [-0.15, -0.1) is 11.8 Å². The van der Waals surface area contributed by atoms with E-state index in [2.05, 4.69) is 19.8 Å². The van der Waals surface area contributed by atoms with Gasteiger partial charge in [-0.05, 0) is 11.6 Å². The Morgan fingerprint density at radius 1 is 1.44 bits per heavy atom. The predicted molar refractivity (Wildman–Crippen MR) is 126 cm³/mol. The maximum Gasteiger partial charge on any atom is 0.352 e. The van der Waals surface area contributed by atoms with Crippen LogP contribution in [0.25, 0.3) is 0 Å². The van der Waals surface area contributed by atoms with Gasteiger partial charge >= 0.3 is 5.97 Å². The van der Waals surface area contributed by atoms with Gasteiger partial charge in [0.05, 0.1) is 27.2 Å². The fraction of sp³-hybridized carbons (Fsp3) is 0.474. The number of thioether (sulfide) groups is 1. The summed E-state index contributed by atoms with van der Waals surface area (Å²) in [5.41, 5.74) is 5.71. The van der Waals surface area contributed by atoms with E-state index in [0.717, 1.165) is 11.5 Å². The molecule has 2 atom stereocenters. The molecular formula is C19H26N7O6S2+. The van der Waals surface area contributed by atoms with Crippen molar-refractivity contribution in [2.45, 2.75) is 11.4 Å². The summed E-state index contributed by atoms with van der Waals surface area (Å²) >= 11 is 2.22. The molecule has 0 aromatic carbocycles. The molecule has 3 heterocycles. The third-order valence-corrected chi connectivity index (χ3v) is 7.01. The lowest BCUT2D eigenvalue weighted by atomic mass is 10.0. The Morgan fingerprint density at radius 2 is 2.18 bits per heavy atom. The van der Waals surface area contributed by atoms with Gasteiger partial charge in [0.1, 0.15) is 30.8 Å². The number of hydrogen-bond acceptors (Lipinski definition) is 11. The second kappa shape index (κ2) is 10.5. The number of nitrogens with two attached hydrogens (primary N) is 1. The second-order valence-electron chi connectivity index (χ2n) is 8.09. The van der Waals surface area contributed by atoms with Gasteiger partial charge in [-0.2, -0.15) is 9.36 Å². The highest BCUT2D eigenvalue weighted by molar-refractivity contribution is 8.00. The Kier molecular flexibility index (Phi) is 7.91. The fourth-order valence-electron chi connectivity index (χ4n) is 3.43. The van der Waals surface area contributed by atoms with Crippen molar-refractivity contribution in [1.82, 2.24) is 19.6 Å². The van der Waals surface area contributed by atoms with Crippen LogP contribution in [0.2, 0.25) is 0 Å². The average molecular weight is 513 g/mol. The third-order valence-electron chi connectivity index (χ3n) is 5.16. The summed E-state index contributed by atoms with van der Waals surface area (Å²) in [6, 6.07) is -0.949. The number of aromatic nitrogens is 2. The molecule has 3 rings (SSSR count). The summed E-state index contributed by atoms with van der Waals surface area (Å²) < 4.78 is 4.46. The van der Waals surface area contributed by atoms with Gasteiger partial charge in [0.15, 0.2) is 5.13 Å². The minimum Gasteiger partial charge on any atom is -0.477 e. The first-order valence-electron chi connectivity index (χ1n) is 10.1. The number of carboxylic acids is 1. The van der Waals surface area contributed by atoms with Gasteiger partial charge in [-0.25, -0.2) is 4.79 Å². The van der Waals surface area contributed by atoms with E-state index >= 15 is 0 Å². The van der Waals surface area contributed by atoms with Gasteiger partial charge < -0.3 is 30.6 Å². The number of anilines is 1. The lowest BCUT2D eigenvalue weighted by Crippen LogP contribution is -2.71. The van der Waals surface area contributed by atoms with Crippen molar-refractivity contribution in [1.29, 1.82) is 0 Å². The molecule has 0 saturated carbocycles. The summed E-state index contributed by atoms with van der Waals surface area (Å²) in [6.45, 7) is 1.17. The van der Waals surface area contributed by atoms with Gasteiger partial charge in [0, 0.05) is 17.3 Å². The Hall–Kier alpha value is -3.01. The number of allylic oxidation sites excluding steroid dienone is 1. The minimum atomic E-state index is -1.23. The molecule has 1 saturated heterocycles. The number of quaternary nitrogens is 1. The van der Waals surface area contributed by atoms with E-state index in [9.17, 15) is 19.5 Å². The van der Waals surface area contributed by atoms with Crippen molar-refractivity contribution in [2.24, 2.45) is 5.16 Å². The zero-order chi connectivity index (χ0) is 25.0. The van der Waals surface area contributed by atoms with Crippen LogP contribution in [0.1, 0.15) is 5.82 Å². The summed E-state index contributed by atoms with van der Waals surface area (Å²) in [5.74, 6) is -2.21. The van der Waals surface area contributed by atoms with Gasteiger partial charge in [-0.3, -0.25) is 14.5 Å². The number of rotatable bonds is 10. The molecular weight excluding hydrogens is 486 g/mol. The monoisotopic (exact) mass is 512 g/mol. The Labute approximate surface area is 203 Å². The van der Waals surface area contributed by atoms with Gasteiger partial charge in [-0.1, -0.05) is 11.2 Å². The molecule has 5 N–H and O–H groups in total. The molecule has 2 aliphatic heterocycles. The smallest absolute Gasteiger partial charge is 0.352 e. The number of aliphatic carboxylic acids is 1. The molecule has 34 heavy (non-hydrogen) atoms. The molecule has 0 spiro atoms. The number of aliphatic hydroxyl groups excluding tert-OH is 1.